The average Bonchev–Trinajstić information content (AvgIpc) is 2.51. The van der Waals surface area contributed by atoms with Crippen molar-refractivity contribution in [3.8, 4) is 6.07 Å². The third kappa shape index (κ3) is 27.1. The zero-order valence-electron chi connectivity index (χ0n) is 7.00. The Kier molecular flexibility index (Phi) is 32.1. The second-order valence-corrected chi connectivity index (χ2v) is 9.16. The quantitative estimate of drug-likeness (QED) is 0.272. The van der Waals surface area contributed by atoms with Gasteiger partial charge in [0.15, 0.2) is 0 Å². The summed E-state index contributed by atoms with van der Waals surface area (Å²) in [5.41, 5.74) is 0. The monoisotopic (exact) mass is 432 g/mol. The minimum atomic E-state index is -0.833. The van der Waals surface area contributed by atoms with Crippen LogP contribution in [-0.2, 0) is 19.1 Å². The standard InChI is InChI=1S/C2Cl2NS2.C2H2ClN.CH4.Cl2S2.ClH/c3-1-2(4)6-7-5-1;3-1-2-4;;1-4(2)3;/h;1H2;1H4;;1H/q+1;;;;/p-1. The van der Waals surface area contributed by atoms with Gasteiger partial charge in [-0.25, -0.2) is 0 Å². The maximum absolute atomic E-state index is 7.49. The molecule has 0 bridgehead atoms. The van der Waals surface area contributed by atoms with E-state index in [-0.39, 0.29) is 25.7 Å². The number of nitriles is 1. The molecule has 0 radical (unpaired) electrons. The Bertz CT molecular complexity index is 306. The molecule has 12 heteroatoms. The van der Waals surface area contributed by atoms with Crippen molar-refractivity contribution in [1.29, 1.82) is 5.26 Å². The predicted molar refractivity (Wildman–Crippen MR) is 83.9 cm³/mol. The summed E-state index contributed by atoms with van der Waals surface area (Å²) in [5.74, 6) is 0.0972. The molecule has 1 aromatic rings. The van der Waals surface area contributed by atoms with Crippen LogP contribution in [0.3, 0.4) is 0 Å². The molecular formula is C5H6Cl6N2S4. The van der Waals surface area contributed by atoms with Gasteiger partial charge in [-0.05, 0) is 44.2 Å². The summed E-state index contributed by atoms with van der Waals surface area (Å²) in [5, 5.41) is 7.91. The van der Waals surface area contributed by atoms with Crippen molar-refractivity contribution in [3.63, 3.8) is 0 Å². The van der Waals surface area contributed by atoms with Crippen molar-refractivity contribution in [3.05, 3.63) is 9.49 Å². The molecule has 1 rings (SSSR count). The number of nitrogens with zero attached hydrogens (tertiary/aromatic N) is 2. The van der Waals surface area contributed by atoms with Crippen LogP contribution in [0, 0.1) is 11.3 Å². The lowest BCUT2D eigenvalue weighted by molar-refractivity contribution is -0.00000314. The topological polar surface area (TPSA) is 36.7 Å². The van der Waals surface area contributed by atoms with Gasteiger partial charge in [0.25, 0.3) is 10.5 Å². The fraction of sp³-hybridized carbons (Fsp3) is 0.400. The van der Waals surface area contributed by atoms with Gasteiger partial charge in [-0.1, -0.05) is 19.0 Å². The molecule has 0 aliphatic heterocycles. The Balaban J connectivity index is -0.0000000755. The zero-order valence-corrected chi connectivity index (χ0v) is 14.8. The van der Waals surface area contributed by atoms with Gasteiger partial charge in [0.2, 0.25) is 5.15 Å². The summed E-state index contributed by atoms with van der Waals surface area (Å²) in [6.07, 6.45) is 0. The van der Waals surface area contributed by atoms with E-state index >= 15 is 0 Å². The van der Waals surface area contributed by atoms with E-state index in [1.807, 2.05) is 0 Å². The molecule has 0 fully saturated rings. The van der Waals surface area contributed by atoms with Gasteiger partial charge in [0.05, 0.1) is 14.0 Å². The first kappa shape index (κ1) is 27.2. The molecule has 1 heterocycles. The Morgan fingerprint density at radius 2 is 1.82 bits per heavy atom. The molecule has 0 aromatic carbocycles. The van der Waals surface area contributed by atoms with Gasteiger partial charge in [0.1, 0.15) is 5.88 Å². The fourth-order valence-corrected chi connectivity index (χ4v) is 2.18. The predicted octanol–water partition coefficient (Wildman–Crippen LogP) is 2.56. The van der Waals surface area contributed by atoms with Gasteiger partial charge in [-0.2, -0.15) is 5.26 Å². The third-order valence-corrected chi connectivity index (χ3v) is 3.46. The molecule has 0 unspecified atom stereocenters. The molecule has 0 aliphatic carbocycles. The number of hydrogen-bond acceptors (Lipinski definition) is 4. The van der Waals surface area contributed by atoms with Crippen LogP contribution in [0.1, 0.15) is 7.43 Å². The van der Waals surface area contributed by atoms with E-state index in [4.69, 9.17) is 61.4 Å². The van der Waals surface area contributed by atoms with Gasteiger partial charge in [-0.3, -0.25) is 0 Å². The molecule has 2 nitrogen and oxygen atoms in total. The normalized spacial score (nSPS) is 7.12. The van der Waals surface area contributed by atoms with Crippen LogP contribution in [0.5, 0.6) is 0 Å². The van der Waals surface area contributed by atoms with E-state index in [0.29, 0.717) is 9.49 Å². The van der Waals surface area contributed by atoms with Gasteiger partial charge in [0, 0.05) is 0 Å². The summed E-state index contributed by atoms with van der Waals surface area (Å²) < 4.78 is 4.29. The van der Waals surface area contributed by atoms with E-state index in [1.165, 1.54) is 20.9 Å². The summed E-state index contributed by atoms with van der Waals surface area (Å²) in [4.78, 5) is 0. The van der Waals surface area contributed by atoms with Crippen LogP contribution < -0.4 is 12.4 Å². The number of halogens is 6. The fourth-order valence-electron chi connectivity index (χ4n) is 0.154. The molecule has 0 atom stereocenters. The smallest absolute Gasteiger partial charge is 0.354 e. The van der Waals surface area contributed by atoms with Crippen molar-refractivity contribution in [2.24, 2.45) is 0 Å². The first-order chi connectivity index (χ1) is 6.95. The summed E-state index contributed by atoms with van der Waals surface area (Å²) in [6, 6.07) is 1.70. The maximum atomic E-state index is 7.49. The SMILES string of the molecule is C.Clc1ns[s+]c1Cl.N#CCCl.S=S(Cl)Cl.[Cl-]. The average molecular weight is 435 g/mol. The lowest BCUT2D eigenvalue weighted by Gasteiger charge is -1.59. The zero-order chi connectivity index (χ0) is 12.3. The van der Waals surface area contributed by atoms with E-state index in [0.717, 1.165) is 0 Å². The van der Waals surface area contributed by atoms with Crippen molar-refractivity contribution >= 4 is 96.1 Å². The van der Waals surface area contributed by atoms with Crippen LogP contribution in [0.4, 0.5) is 0 Å². The number of aromatic nitrogens is 1. The Morgan fingerprint density at radius 1 is 1.47 bits per heavy atom. The molecule has 102 valence electrons. The van der Waals surface area contributed by atoms with Gasteiger partial charge >= 0.3 is 14.7 Å². The largest absolute Gasteiger partial charge is 1.00 e. The van der Waals surface area contributed by atoms with E-state index in [1.54, 1.807) is 6.07 Å². The Labute approximate surface area is 145 Å². The third-order valence-electron chi connectivity index (χ3n) is 0.450. The number of hydrogen-bond donors (Lipinski definition) is 0. The molecule has 0 N–H and O–H groups in total. The summed E-state index contributed by atoms with van der Waals surface area (Å²) in [7, 11) is 11.6. The lowest BCUT2D eigenvalue weighted by atomic mass is 10.9. The lowest BCUT2D eigenvalue weighted by Crippen LogP contribution is -3.00. The van der Waals surface area contributed by atoms with Crippen molar-refractivity contribution < 1.29 is 12.4 Å². The molecule has 0 saturated carbocycles. The number of alkyl halides is 1. The molecule has 1 aromatic heterocycles. The highest BCUT2D eigenvalue weighted by molar-refractivity contribution is 8.54. The molecule has 0 amide bonds. The van der Waals surface area contributed by atoms with Crippen LogP contribution in [0.2, 0.25) is 9.49 Å². The van der Waals surface area contributed by atoms with E-state index in [9.17, 15) is 0 Å². The van der Waals surface area contributed by atoms with Crippen LogP contribution in [0.25, 0.3) is 0 Å². The van der Waals surface area contributed by atoms with E-state index in [2.05, 4.69) is 15.6 Å². The summed E-state index contributed by atoms with van der Waals surface area (Å²) in [6.45, 7) is 0. The second kappa shape index (κ2) is 20.1. The van der Waals surface area contributed by atoms with E-state index < -0.39 is 7.88 Å². The Morgan fingerprint density at radius 3 is 1.88 bits per heavy atom. The molecule has 17 heavy (non-hydrogen) atoms. The molecule has 0 saturated heterocycles. The van der Waals surface area contributed by atoms with Crippen LogP contribution >= 0.6 is 77.0 Å². The first-order valence-corrected chi connectivity index (χ1v) is 9.92. The van der Waals surface area contributed by atoms with Gasteiger partial charge < -0.3 is 12.4 Å². The minimum Gasteiger partial charge on any atom is -1.00 e. The summed E-state index contributed by atoms with van der Waals surface area (Å²) >= 11 is 19.9. The number of rotatable bonds is 0. The van der Waals surface area contributed by atoms with Crippen LogP contribution in [0.15, 0.2) is 0 Å². The highest BCUT2D eigenvalue weighted by Gasteiger charge is 2.12. The highest BCUT2D eigenvalue weighted by Crippen LogP contribution is 2.27. The van der Waals surface area contributed by atoms with Crippen molar-refractivity contribution in [2.75, 3.05) is 5.88 Å². The molecule has 0 spiro atoms. The van der Waals surface area contributed by atoms with Crippen molar-refractivity contribution in [1.82, 2.24) is 4.37 Å². The van der Waals surface area contributed by atoms with Crippen LogP contribution in [-0.4, -0.2) is 10.3 Å². The molecular weight excluding hydrogens is 429 g/mol. The molecule has 0 aliphatic rings. The minimum absolute atomic E-state index is 0. The Hall–Kier alpha value is 1.78. The highest BCUT2D eigenvalue weighted by atomic mass is 36.0. The second-order valence-electron chi connectivity index (χ2n) is 1.29. The van der Waals surface area contributed by atoms with Gasteiger partial charge in [-0.15, -0.1) is 16.0 Å². The van der Waals surface area contributed by atoms with Crippen molar-refractivity contribution in [2.45, 2.75) is 7.43 Å². The maximum Gasteiger partial charge on any atom is 0.354 e. The first-order valence-electron chi connectivity index (χ1n) is 2.72.